The van der Waals surface area contributed by atoms with E-state index in [2.05, 4.69) is 10.4 Å². The fourth-order valence-corrected chi connectivity index (χ4v) is 2.42. The summed E-state index contributed by atoms with van der Waals surface area (Å²) in [5.74, 6) is -0.0000586. The Morgan fingerprint density at radius 2 is 1.92 bits per heavy atom. The van der Waals surface area contributed by atoms with Gasteiger partial charge >= 0.3 is 0 Å². The van der Waals surface area contributed by atoms with E-state index in [4.69, 9.17) is 16.3 Å². The van der Waals surface area contributed by atoms with Crippen molar-refractivity contribution < 1.29 is 9.53 Å². The maximum absolute atomic E-state index is 12.4. The molecule has 1 aromatic heterocycles. The average Bonchev–Trinajstić information content (AvgIpc) is 2.98. The van der Waals surface area contributed by atoms with E-state index in [1.54, 1.807) is 42.5 Å². The van der Waals surface area contributed by atoms with Crippen LogP contribution in [0.4, 0.5) is 5.69 Å². The lowest BCUT2D eigenvalue weighted by molar-refractivity contribution is 0.102. The molecule has 122 valence electrons. The molecule has 0 aliphatic rings. The normalized spacial score (nSPS) is 10.4. The summed E-state index contributed by atoms with van der Waals surface area (Å²) in [4.78, 5) is 24.5. The van der Waals surface area contributed by atoms with E-state index < -0.39 is 5.91 Å². The molecule has 24 heavy (non-hydrogen) atoms. The molecule has 0 atom stereocenters. The Balaban J connectivity index is 1.90. The standard InChI is InChI=1S/C17H14ClN3O3/c1-24-15-8-7-11(18)9-13(15)19-17(23)14-10-16(22)21(20-14)12-5-3-2-4-6-12/h2-10,20H,1H3,(H,19,23). The first-order chi connectivity index (χ1) is 11.6. The molecule has 0 unspecified atom stereocenters. The second-order valence-electron chi connectivity index (χ2n) is 4.98. The first-order valence-corrected chi connectivity index (χ1v) is 7.48. The quantitative estimate of drug-likeness (QED) is 0.764. The van der Waals surface area contributed by atoms with Crippen molar-refractivity contribution in [3.8, 4) is 11.4 Å². The molecule has 0 saturated heterocycles. The van der Waals surface area contributed by atoms with Gasteiger partial charge in [-0.3, -0.25) is 14.7 Å². The minimum atomic E-state index is -0.470. The monoisotopic (exact) mass is 343 g/mol. The molecule has 0 radical (unpaired) electrons. The van der Waals surface area contributed by atoms with Gasteiger partial charge in [-0.25, -0.2) is 4.68 Å². The van der Waals surface area contributed by atoms with Crippen molar-refractivity contribution in [2.75, 3.05) is 12.4 Å². The molecule has 6 nitrogen and oxygen atoms in total. The summed E-state index contributed by atoms with van der Waals surface area (Å²) >= 11 is 5.94. The molecule has 0 aliphatic heterocycles. The highest BCUT2D eigenvalue weighted by atomic mass is 35.5. The molecular formula is C17H14ClN3O3. The van der Waals surface area contributed by atoms with Crippen molar-refractivity contribution in [2.45, 2.75) is 0 Å². The maximum atomic E-state index is 12.4. The minimum Gasteiger partial charge on any atom is -0.495 e. The number of aromatic nitrogens is 2. The minimum absolute atomic E-state index is 0.130. The fourth-order valence-electron chi connectivity index (χ4n) is 2.25. The van der Waals surface area contributed by atoms with E-state index >= 15 is 0 Å². The van der Waals surface area contributed by atoms with Gasteiger partial charge in [0.2, 0.25) is 0 Å². The van der Waals surface area contributed by atoms with Gasteiger partial charge in [0.25, 0.3) is 11.5 Å². The first kappa shape index (κ1) is 15.9. The van der Waals surface area contributed by atoms with Crippen LogP contribution in [-0.2, 0) is 0 Å². The van der Waals surface area contributed by atoms with Crippen LogP contribution >= 0.6 is 11.6 Å². The Labute approximate surface area is 142 Å². The van der Waals surface area contributed by atoms with Crippen LogP contribution in [0.1, 0.15) is 10.5 Å². The number of benzene rings is 2. The van der Waals surface area contributed by atoms with Gasteiger partial charge in [-0.1, -0.05) is 29.8 Å². The lowest BCUT2D eigenvalue weighted by Gasteiger charge is -2.09. The topological polar surface area (TPSA) is 76.1 Å². The van der Waals surface area contributed by atoms with Crippen LogP contribution in [0.2, 0.25) is 5.02 Å². The lowest BCUT2D eigenvalue weighted by Crippen LogP contribution is -2.14. The van der Waals surface area contributed by atoms with E-state index in [9.17, 15) is 9.59 Å². The summed E-state index contributed by atoms with van der Waals surface area (Å²) < 4.78 is 6.48. The number of rotatable bonds is 4. The van der Waals surface area contributed by atoms with Gasteiger partial charge in [0, 0.05) is 11.1 Å². The van der Waals surface area contributed by atoms with E-state index in [0.29, 0.717) is 22.1 Å². The third kappa shape index (κ3) is 3.18. The molecule has 1 amide bonds. The SMILES string of the molecule is COc1ccc(Cl)cc1NC(=O)c1cc(=O)n(-c2ccccc2)[nH]1. The summed E-state index contributed by atoms with van der Waals surface area (Å²) in [6, 6.07) is 15.1. The number of para-hydroxylation sites is 1. The second kappa shape index (κ2) is 6.64. The summed E-state index contributed by atoms with van der Waals surface area (Å²) in [5, 5.41) is 5.93. The Morgan fingerprint density at radius 3 is 2.62 bits per heavy atom. The Bertz CT molecular complexity index is 932. The molecule has 3 rings (SSSR count). The number of halogens is 1. The van der Waals surface area contributed by atoms with Gasteiger partial charge in [-0.05, 0) is 30.3 Å². The van der Waals surface area contributed by atoms with Crippen molar-refractivity contribution in [1.29, 1.82) is 0 Å². The van der Waals surface area contributed by atoms with Gasteiger partial charge in [0.1, 0.15) is 11.4 Å². The summed E-state index contributed by atoms with van der Waals surface area (Å²) in [6.45, 7) is 0. The second-order valence-corrected chi connectivity index (χ2v) is 5.41. The van der Waals surface area contributed by atoms with Crippen LogP contribution in [0, 0.1) is 0 Å². The molecule has 0 spiro atoms. The smallest absolute Gasteiger partial charge is 0.273 e. The molecular weight excluding hydrogens is 330 g/mol. The number of amides is 1. The molecule has 2 N–H and O–H groups in total. The van der Waals surface area contributed by atoms with Crippen molar-refractivity contribution in [1.82, 2.24) is 9.78 Å². The third-order valence-corrected chi connectivity index (χ3v) is 3.62. The van der Waals surface area contributed by atoms with Crippen LogP contribution in [0.5, 0.6) is 5.75 Å². The average molecular weight is 344 g/mol. The molecule has 7 heteroatoms. The zero-order chi connectivity index (χ0) is 17.1. The number of nitrogens with zero attached hydrogens (tertiary/aromatic N) is 1. The highest BCUT2D eigenvalue weighted by Gasteiger charge is 2.14. The number of anilines is 1. The Morgan fingerprint density at radius 1 is 1.17 bits per heavy atom. The highest BCUT2D eigenvalue weighted by molar-refractivity contribution is 6.31. The van der Waals surface area contributed by atoms with Crippen molar-refractivity contribution in [3.05, 3.63) is 75.7 Å². The van der Waals surface area contributed by atoms with Gasteiger partial charge in [-0.15, -0.1) is 0 Å². The lowest BCUT2D eigenvalue weighted by atomic mass is 10.2. The summed E-state index contributed by atoms with van der Waals surface area (Å²) in [7, 11) is 1.49. The van der Waals surface area contributed by atoms with E-state index in [1.165, 1.54) is 17.9 Å². The molecule has 0 fully saturated rings. The third-order valence-electron chi connectivity index (χ3n) is 3.39. The zero-order valence-corrected chi connectivity index (χ0v) is 13.5. The summed E-state index contributed by atoms with van der Waals surface area (Å²) in [6.07, 6.45) is 0. The summed E-state index contributed by atoms with van der Waals surface area (Å²) in [5.41, 5.74) is 0.862. The molecule has 2 aromatic carbocycles. The molecule has 0 saturated carbocycles. The highest BCUT2D eigenvalue weighted by Crippen LogP contribution is 2.27. The predicted octanol–water partition coefficient (Wildman–Crippen LogP) is 3.08. The van der Waals surface area contributed by atoms with E-state index in [0.717, 1.165) is 0 Å². The number of carbonyl (C=O) groups excluding carboxylic acids is 1. The van der Waals surface area contributed by atoms with Crippen molar-refractivity contribution >= 4 is 23.2 Å². The molecule has 0 aliphatic carbocycles. The predicted molar refractivity (Wildman–Crippen MR) is 92.3 cm³/mol. The Kier molecular flexibility index (Phi) is 4.39. The largest absolute Gasteiger partial charge is 0.495 e. The number of hydrogen-bond acceptors (Lipinski definition) is 3. The first-order valence-electron chi connectivity index (χ1n) is 7.11. The number of nitrogens with one attached hydrogen (secondary N) is 2. The molecule has 1 heterocycles. The van der Waals surface area contributed by atoms with Crippen LogP contribution in [0.25, 0.3) is 5.69 Å². The zero-order valence-electron chi connectivity index (χ0n) is 12.7. The number of methoxy groups -OCH3 is 1. The van der Waals surface area contributed by atoms with Gasteiger partial charge in [0.05, 0.1) is 18.5 Å². The maximum Gasteiger partial charge on any atom is 0.273 e. The van der Waals surface area contributed by atoms with Crippen LogP contribution in [0.15, 0.2) is 59.4 Å². The van der Waals surface area contributed by atoms with Gasteiger partial charge in [-0.2, -0.15) is 0 Å². The van der Waals surface area contributed by atoms with Crippen molar-refractivity contribution in [2.24, 2.45) is 0 Å². The number of hydrogen-bond donors (Lipinski definition) is 2. The van der Waals surface area contributed by atoms with E-state index in [-0.39, 0.29) is 11.3 Å². The van der Waals surface area contributed by atoms with E-state index in [1.807, 2.05) is 6.07 Å². The van der Waals surface area contributed by atoms with Crippen LogP contribution in [-0.4, -0.2) is 22.8 Å². The number of ether oxygens (including phenoxy) is 1. The van der Waals surface area contributed by atoms with Crippen LogP contribution in [0.3, 0.4) is 0 Å². The fraction of sp³-hybridized carbons (Fsp3) is 0.0588. The number of H-pyrrole nitrogens is 1. The number of aromatic amines is 1. The molecule has 0 bridgehead atoms. The van der Waals surface area contributed by atoms with Gasteiger partial charge in [0.15, 0.2) is 0 Å². The van der Waals surface area contributed by atoms with Crippen molar-refractivity contribution in [3.63, 3.8) is 0 Å². The number of carbonyl (C=O) groups is 1. The van der Waals surface area contributed by atoms with Gasteiger partial charge < -0.3 is 10.1 Å². The van der Waals surface area contributed by atoms with Crippen LogP contribution < -0.4 is 15.6 Å². The molecule has 3 aromatic rings. The Hall–Kier alpha value is -2.99.